The normalized spacial score (nSPS) is 10.3. The van der Waals surface area contributed by atoms with E-state index in [1.807, 2.05) is 13.0 Å². The molecule has 0 saturated heterocycles. The standard InChI is InChI=1S/C14H13ClN2O2/c1-8-3-4-11(15)7-12(8)17-13-6-10(14(18)19)5-9(2)16-13/h3-7H,1-2H3,(H,16,17)(H,18,19). The third kappa shape index (κ3) is 3.23. The fourth-order valence-electron chi connectivity index (χ4n) is 1.72. The van der Waals surface area contributed by atoms with Crippen LogP contribution in [0.5, 0.6) is 0 Å². The van der Waals surface area contributed by atoms with Crippen molar-refractivity contribution in [2.24, 2.45) is 0 Å². The minimum atomic E-state index is -0.976. The Hall–Kier alpha value is -2.07. The number of pyridine rings is 1. The monoisotopic (exact) mass is 276 g/mol. The van der Waals surface area contributed by atoms with Gasteiger partial charge in [0.2, 0.25) is 0 Å². The van der Waals surface area contributed by atoms with Gasteiger partial charge in [-0.1, -0.05) is 17.7 Å². The molecule has 0 aliphatic carbocycles. The highest BCUT2D eigenvalue weighted by molar-refractivity contribution is 6.30. The molecule has 0 spiro atoms. The number of nitrogens with zero attached hydrogens (tertiary/aromatic N) is 1. The van der Waals surface area contributed by atoms with E-state index in [9.17, 15) is 4.79 Å². The molecule has 0 radical (unpaired) electrons. The first-order chi connectivity index (χ1) is 8.95. The van der Waals surface area contributed by atoms with Crippen molar-refractivity contribution in [2.45, 2.75) is 13.8 Å². The van der Waals surface area contributed by atoms with Crippen LogP contribution in [0.3, 0.4) is 0 Å². The van der Waals surface area contributed by atoms with Crippen LogP contribution in [0.1, 0.15) is 21.6 Å². The van der Waals surface area contributed by atoms with E-state index >= 15 is 0 Å². The molecule has 1 heterocycles. The number of rotatable bonds is 3. The van der Waals surface area contributed by atoms with E-state index in [2.05, 4.69) is 10.3 Å². The van der Waals surface area contributed by atoms with Crippen molar-refractivity contribution in [2.75, 3.05) is 5.32 Å². The molecule has 4 nitrogen and oxygen atoms in total. The Morgan fingerprint density at radius 2 is 2.00 bits per heavy atom. The lowest BCUT2D eigenvalue weighted by molar-refractivity contribution is 0.0696. The number of carbonyl (C=O) groups is 1. The number of carboxylic acid groups (broad SMARTS) is 1. The van der Waals surface area contributed by atoms with Crippen LogP contribution in [0.4, 0.5) is 11.5 Å². The molecular weight excluding hydrogens is 264 g/mol. The fraction of sp³-hybridized carbons (Fsp3) is 0.143. The van der Waals surface area contributed by atoms with Gasteiger partial charge in [0.15, 0.2) is 0 Å². The van der Waals surface area contributed by atoms with Crippen LogP contribution in [0, 0.1) is 13.8 Å². The van der Waals surface area contributed by atoms with Gasteiger partial charge < -0.3 is 10.4 Å². The number of anilines is 2. The van der Waals surface area contributed by atoms with Gasteiger partial charge in [-0.3, -0.25) is 0 Å². The summed E-state index contributed by atoms with van der Waals surface area (Å²) < 4.78 is 0. The zero-order chi connectivity index (χ0) is 14.0. The molecule has 0 bridgehead atoms. The van der Waals surface area contributed by atoms with Gasteiger partial charge in [-0.25, -0.2) is 9.78 Å². The van der Waals surface area contributed by atoms with E-state index in [1.54, 1.807) is 19.1 Å². The Kier molecular flexibility index (Phi) is 3.71. The molecule has 0 saturated carbocycles. The molecule has 0 atom stereocenters. The summed E-state index contributed by atoms with van der Waals surface area (Å²) in [5.74, 6) is -0.487. The van der Waals surface area contributed by atoms with Crippen LogP contribution in [-0.4, -0.2) is 16.1 Å². The number of carboxylic acids is 1. The van der Waals surface area contributed by atoms with Crippen LogP contribution in [0.2, 0.25) is 5.02 Å². The number of aromatic carboxylic acids is 1. The van der Waals surface area contributed by atoms with Crippen LogP contribution in [-0.2, 0) is 0 Å². The lowest BCUT2D eigenvalue weighted by Crippen LogP contribution is -2.02. The van der Waals surface area contributed by atoms with Gasteiger partial charge in [0.1, 0.15) is 5.82 Å². The lowest BCUT2D eigenvalue weighted by atomic mass is 10.2. The minimum Gasteiger partial charge on any atom is -0.478 e. The quantitative estimate of drug-likeness (QED) is 0.895. The largest absolute Gasteiger partial charge is 0.478 e. The molecule has 2 aromatic rings. The van der Waals surface area contributed by atoms with E-state index in [0.717, 1.165) is 11.3 Å². The third-order valence-corrected chi connectivity index (χ3v) is 2.90. The Balaban J connectivity index is 2.38. The summed E-state index contributed by atoms with van der Waals surface area (Å²) in [5, 5.41) is 12.7. The summed E-state index contributed by atoms with van der Waals surface area (Å²) in [5.41, 5.74) is 2.66. The van der Waals surface area contributed by atoms with E-state index in [1.165, 1.54) is 12.1 Å². The highest BCUT2D eigenvalue weighted by atomic mass is 35.5. The second-order valence-electron chi connectivity index (χ2n) is 4.27. The molecule has 98 valence electrons. The number of nitrogens with one attached hydrogen (secondary N) is 1. The number of benzene rings is 1. The number of aromatic nitrogens is 1. The maximum Gasteiger partial charge on any atom is 0.335 e. The summed E-state index contributed by atoms with van der Waals surface area (Å²) in [7, 11) is 0. The van der Waals surface area contributed by atoms with Gasteiger partial charge in [-0.05, 0) is 43.7 Å². The summed E-state index contributed by atoms with van der Waals surface area (Å²) in [6.07, 6.45) is 0. The summed E-state index contributed by atoms with van der Waals surface area (Å²) in [4.78, 5) is 15.3. The SMILES string of the molecule is Cc1cc(C(=O)O)cc(Nc2cc(Cl)ccc2C)n1. The highest BCUT2D eigenvalue weighted by Crippen LogP contribution is 2.24. The zero-order valence-electron chi connectivity index (χ0n) is 10.6. The maximum absolute atomic E-state index is 11.0. The maximum atomic E-state index is 11.0. The van der Waals surface area contributed by atoms with Gasteiger partial charge in [-0.2, -0.15) is 0 Å². The molecule has 19 heavy (non-hydrogen) atoms. The third-order valence-electron chi connectivity index (χ3n) is 2.66. The van der Waals surface area contributed by atoms with E-state index in [4.69, 9.17) is 16.7 Å². The molecule has 5 heteroatoms. The predicted molar refractivity (Wildman–Crippen MR) is 75.4 cm³/mol. The van der Waals surface area contributed by atoms with Gasteiger partial charge in [0.25, 0.3) is 0 Å². The first kappa shape index (κ1) is 13.4. The number of hydrogen-bond acceptors (Lipinski definition) is 3. The lowest BCUT2D eigenvalue weighted by Gasteiger charge is -2.10. The average molecular weight is 277 g/mol. The van der Waals surface area contributed by atoms with Crippen LogP contribution < -0.4 is 5.32 Å². The molecule has 0 unspecified atom stereocenters. The molecule has 0 aliphatic rings. The van der Waals surface area contributed by atoms with Gasteiger partial charge in [0, 0.05) is 16.4 Å². The van der Waals surface area contributed by atoms with Crippen molar-refractivity contribution in [3.05, 3.63) is 52.2 Å². The Morgan fingerprint density at radius 3 is 2.68 bits per heavy atom. The van der Waals surface area contributed by atoms with Crippen LogP contribution in [0.25, 0.3) is 0 Å². The molecule has 0 amide bonds. The van der Waals surface area contributed by atoms with Crippen molar-refractivity contribution >= 4 is 29.1 Å². The summed E-state index contributed by atoms with van der Waals surface area (Å²) >= 11 is 5.94. The average Bonchev–Trinajstić information content (AvgIpc) is 2.33. The van der Waals surface area contributed by atoms with Crippen molar-refractivity contribution in [1.29, 1.82) is 0 Å². The van der Waals surface area contributed by atoms with Crippen LogP contribution in [0.15, 0.2) is 30.3 Å². The van der Waals surface area contributed by atoms with Crippen molar-refractivity contribution in [3.8, 4) is 0 Å². The number of hydrogen-bond donors (Lipinski definition) is 2. The summed E-state index contributed by atoms with van der Waals surface area (Å²) in [6, 6.07) is 8.49. The van der Waals surface area contributed by atoms with E-state index < -0.39 is 5.97 Å². The summed E-state index contributed by atoms with van der Waals surface area (Å²) in [6.45, 7) is 3.69. The van der Waals surface area contributed by atoms with Gasteiger partial charge in [0.05, 0.1) is 5.56 Å². The first-order valence-electron chi connectivity index (χ1n) is 5.71. The van der Waals surface area contributed by atoms with Crippen molar-refractivity contribution in [3.63, 3.8) is 0 Å². The van der Waals surface area contributed by atoms with E-state index in [0.29, 0.717) is 16.5 Å². The second-order valence-corrected chi connectivity index (χ2v) is 4.71. The minimum absolute atomic E-state index is 0.203. The molecule has 1 aromatic heterocycles. The number of aryl methyl sites for hydroxylation is 2. The smallest absolute Gasteiger partial charge is 0.335 e. The fourth-order valence-corrected chi connectivity index (χ4v) is 1.90. The first-order valence-corrected chi connectivity index (χ1v) is 6.08. The topological polar surface area (TPSA) is 62.2 Å². The molecule has 0 fully saturated rings. The molecule has 0 aliphatic heterocycles. The Labute approximate surface area is 116 Å². The van der Waals surface area contributed by atoms with E-state index in [-0.39, 0.29) is 5.56 Å². The Morgan fingerprint density at radius 1 is 1.26 bits per heavy atom. The predicted octanol–water partition coefficient (Wildman–Crippen LogP) is 3.79. The number of halogens is 1. The zero-order valence-corrected chi connectivity index (χ0v) is 11.3. The second kappa shape index (κ2) is 5.28. The molecule has 2 rings (SSSR count). The highest BCUT2D eigenvalue weighted by Gasteiger charge is 2.08. The van der Waals surface area contributed by atoms with Crippen molar-refractivity contribution in [1.82, 2.24) is 4.98 Å². The van der Waals surface area contributed by atoms with Gasteiger partial charge >= 0.3 is 5.97 Å². The van der Waals surface area contributed by atoms with Gasteiger partial charge in [-0.15, -0.1) is 0 Å². The Bertz CT molecular complexity index is 641. The van der Waals surface area contributed by atoms with Crippen molar-refractivity contribution < 1.29 is 9.90 Å². The molecule has 2 N–H and O–H groups in total. The molecular formula is C14H13ClN2O2. The van der Waals surface area contributed by atoms with Crippen LogP contribution >= 0.6 is 11.6 Å². The molecule has 1 aromatic carbocycles.